The van der Waals surface area contributed by atoms with Gasteiger partial charge in [-0.1, -0.05) is 30.9 Å². The minimum atomic E-state index is -0.0136. The number of phenols is 3. The van der Waals surface area contributed by atoms with Crippen molar-refractivity contribution in [1.29, 1.82) is 0 Å². The molecule has 3 heteroatoms. The summed E-state index contributed by atoms with van der Waals surface area (Å²) < 4.78 is 0. The summed E-state index contributed by atoms with van der Waals surface area (Å²) in [5, 5.41) is 28.1. The van der Waals surface area contributed by atoms with E-state index in [1.54, 1.807) is 36.4 Å². The molecule has 0 bridgehead atoms. The number of benzene rings is 2. The van der Waals surface area contributed by atoms with Crippen LogP contribution in [-0.2, 0) is 0 Å². The number of phenolic OH excluding ortho intramolecular Hbond substituents is 3. The van der Waals surface area contributed by atoms with Gasteiger partial charge in [0, 0.05) is 11.6 Å². The molecule has 0 heterocycles. The van der Waals surface area contributed by atoms with Crippen molar-refractivity contribution in [3.05, 3.63) is 66.2 Å². The molecule has 96 valence electrons. The Bertz CT molecular complexity index is 625. The third-order valence-electron chi connectivity index (χ3n) is 2.70. The van der Waals surface area contributed by atoms with Crippen molar-refractivity contribution in [2.45, 2.75) is 0 Å². The van der Waals surface area contributed by atoms with Gasteiger partial charge in [-0.05, 0) is 35.4 Å². The highest BCUT2D eigenvalue weighted by Crippen LogP contribution is 2.28. The number of rotatable bonds is 3. The van der Waals surface area contributed by atoms with Crippen molar-refractivity contribution >= 4 is 11.6 Å². The van der Waals surface area contributed by atoms with E-state index >= 15 is 0 Å². The molecular formula is C16H14O3. The van der Waals surface area contributed by atoms with Crippen LogP contribution >= 0.6 is 0 Å². The summed E-state index contributed by atoms with van der Waals surface area (Å²) in [6.45, 7) is 3.87. The highest BCUT2D eigenvalue weighted by Gasteiger charge is 2.03. The van der Waals surface area contributed by atoms with E-state index in [2.05, 4.69) is 6.58 Å². The van der Waals surface area contributed by atoms with Crippen LogP contribution in [0.25, 0.3) is 11.6 Å². The third kappa shape index (κ3) is 3.16. The van der Waals surface area contributed by atoms with Crippen LogP contribution in [0, 0.1) is 0 Å². The molecule has 0 spiro atoms. The predicted molar refractivity (Wildman–Crippen MR) is 75.9 cm³/mol. The Morgan fingerprint density at radius 1 is 0.895 bits per heavy atom. The Hall–Kier alpha value is -2.68. The highest BCUT2D eigenvalue weighted by atomic mass is 16.3. The predicted octanol–water partition coefficient (Wildman–Crippen LogP) is 3.53. The Balaban J connectivity index is 2.18. The van der Waals surface area contributed by atoms with Crippen LogP contribution in [0.2, 0.25) is 0 Å². The second kappa shape index (κ2) is 5.31. The Morgan fingerprint density at radius 2 is 1.53 bits per heavy atom. The van der Waals surface area contributed by atoms with Gasteiger partial charge in [0.25, 0.3) is 0 Å². The first-order valence-electron chi connectivity index (χ1n) is 5.74. The van der Waals surface area contributed by atoms with Crippen LogP contribution < -0.4 is 0 Å². The van der Waals surface area contributed by atoms with Crippen LogP contribution in [0.15, 0.2) is 55.1 Å². The SMILES string of the molecule is C=C(/C=C/c1ccc(O)cc1)c1ccc(O)cc1O. The normalized spacial score (nSPS) is 10.7. The van der Waals surface area contributed by atoms with Crippen molar-refractivity contribution in [1.82, 2.24) is 0 Å². The summed E-state index contributed by atoms with van der Waals surface area (Å²) in [7, 11) is 0. The molecule has 0 saturated heterocycles. The smallest absolute Gasteiger partial charge is 0.127 e. The lowest BCUT2D eigenvalue weighted by Gasteiger charge is -2.04. The van der Waals surface area contributed by atoms with Crippen molar-refractivity contribution in [2.24, 2.45) is 0 Å². The number of allylic oxidation sites excluding steroid dienone is 2. The van der Waals surface area contributed by atoms with Crippen molar-refractivity contribution in [2.75, 3.05) is 0 Å². The molecule has 19 heavy (non-hydrogen) atoms. The van der Waals surface area contributed by atoms with E-state index in [1.165, 1.54) is 12.1 Å². The summed E-state index contributed by atoms with van der Waals surface area (Å²) >= 11 is 0. The number of hydrogen-bond donors (Lipinski definition) is 3. The average Bonchev–Trinajstić information content (AvgIpc) is 2.37. The molecule has 0 aliphatic rings. The largest absolute Gasteiger partial charge is 0.508 e. The molecule has 0 radical (unpaired) electrons. The molecule has 0 saturated carbocycles. The van der Waals surface area contributed by atoms with E-state index in [4.69, 9.17) is 0 Å². The van der Waals surface area contributed by atoms with Gasteiger partial charge in [0.1, 0.15) is 17.2 Å². The van der Waals surface area contributed by atoms with Crippen LogP contribution in [0.5, 0.6) is 17.2 Å². The molecule has 0 atom stereocenters. The minimum absolute atomic E-state index is 0.0107. The molecule has 0 aliphatic heterocycles. The maximum atomic E-state index is 9.71. The Kier molecular flexibility index (Phi) is 3.57. The van der Waals surface area contributed by atoms with Crippen LogP contribution in [-0.4, -0.2) is 15.3 Å². The van der Waals surface area contributed by atoms with Gasteiger partial charge >= 0.3 is 0 Å². The summed E-state index contributed by atoms with van der Waals surface area (Å²) in [6.07, 6.45) is 3.59. The van der Waals surface area contributed by atoms with E-state index < -0.39 is 0 Å². The van der Waals surface area contributed by atoms with Gasteiger partial charge in [-0.15, -0.1) is 0 Å². The fourth-order valence-electron chi connectivity index (χ4n) is 1.66. The van der Waals surface area contributed by atoms with E-state index in [0.29, 0.717) is 11.1 Å². The topological polar surface area (TPSA) is 60.7 Å². The third-order valence-corrected chi connectivity index (χ3v) is 2.70. The molecule has 0 aromatic heterocycles. The summed E-state index contributed by atoms with van der Waals surface area (Å²) in [4.78, 5) is 0. The van der Waals surface area contributed by atoms with E-state index in [-0.39, 0.29) is 17.2 Å². The lowest BCUT2D eigenvalue weighted by Crippen LogP contribution is -1.80. The van der Waals surface area contributed by atoms with Gasteiger partial charge in [0.2, 0.25) is 0 Å². The molecule has 0 aliphatic carbocycles. The summed E-state index contributed by atoms with van der Waals surface area (Å²) in [6, 6.07) is 11.1. The van der Waals surface area contributed by atoms with Gasteiger partial charge in [-0.25, -0.2) is 0 Å². The average molecular weight is 254 g/mol. The number of hydrogen-bond acceptors (Lipinski definition) is 3. The molecule has 0 fully saturated rings. The second-order valence-corrected chi connectivity index (χ2v) is 4.15. The molecule has 3 N–H and O–H groups in total. The van der Waals surface area contributed by atoms with Crippen LogP contribution in [0.1, 0.15) is 11.1 Å². The van der Waals surface area contributed by atoms with Crippen molar-refractivity contribution in [3.63, 3.8) is 0 Å². The fraction of sp³-hybridized carbons (Fsp3) is 0. The van der Waals surface area contributed by atoms with E-state index in [9.17, 15) is 15.3 Å². The van der Waals surface area contributed by atoms with Gasteiger partial charge in [0.05, 0.1) is 0 Å². The maximum absolute atomic E-state index is 9.71. The Labute approximate surface area is 111 Å². The first-order valence-corrected chi connectivity index (χ1v) is 5.74. The van der Waals surface area contributed by atoms with Gasteiger partial charge in [0.15, 0.2) is 0 Å². The molecular weight excluding hydrogens is 240 g/mol. The second-order valence-electron chi connectivity index (χ2n) is 4.15. The zero-order valence-electron chi connectivity index (χ0n) is 10.2. The number of aromatic hydroxyl groups is 3. The fourth-order valence-corrected chi connectivity index (χ4v) is 1.66. The quantitative estimate of drug-likeness (QED) is 0.734. The zero-order valence-corrected chi connectivity index (χ0v) is 10.2. The van der Waals surface area contributed by atoms with Gasteiger partial charge < -0.3 is 15.3 Å². The van der Waals surface area contributed by atoms with Crippen molar-refractivity contribution in [3.8, 4) is 17.2 Å². The minimum Gasteiger partial charge on any atom is -0.508 e. The zero-order chi connectivity index (χ0) is 13.8. The van der Waals surface area contributed by atoms with Crippen LogP contribution in [0.4, 0.5) is 0 Å². The van der Waals surface area contributed by atoms with Crippen LogP contribution in [0.3, 0.4) is 0 Å². The summed E-state index contributed by atoms with van der Waals surface area (Å²) in [5.41, 5.74) is 2.11. The molecule has 3 nitrogen and oxygen atoms in total. The maximum Gasteiger partial charge on any atom is 0.127 e. The molecule has 2 rings (SSSR count). The van der Waals surface area contributed by atoms with Gasteiger partial charge in [-0.2, -0.15) is 0 Å². The lowest BCUT2D eigenvalue weighted by atomic mass is 10.0. The first kappa shape index (κ1) is 12.8. The standard InChI is InChI=1S/C16H14O3/c1-11(15-9-8-14(18)10-16(15)19)2-3-12-4-6-13(17)7-5-12/h2-10,17-19H,1H2/b3-2+. The molecule has 2 aromatic carbocycles. The Morgan fingerprint density at radius 3 is 2.16 bits per heavy atom. The molecule has 0 amide bonds. The summed E-state index contributed by atoms with van der Waals surface area (Å²) in [5.74, 6) is 0.212. The lowest BCUT2D eigenvalue weighted by molar-refractivity contribution is 0.449. The van der Waals surface area contributed by atoms with Crippen molar-refractivity contribution < 1.29 is 15.3 Å². The molecule has 2 aromatic rings. The monoisotopic (exact) mass is 254 g/mol. The first-order chi connectivity index (χ1) is 9.06. The highest BCUT2D eigenvalue weighted by molar-refractivity contribution is 5.80. The van der Waals surface area contributed by atoms with E-state index in [0.717, 1.165) is 5.56 Å². The van der Waals surface area contributed by atoms with E-state index in [1.807, 2.05) is 6.08 Å². The van der Waals surface area contributed by atoms with Gasteiger partial charge in [-0.3, -0.25) is 0 Å². The molecule has 0 unspecified atom stereocenters.